The van der Waals surface area contributed by atoms with E-state index in [9.17, 15) is 9.59 Å². The minimum absolute atomic E-state index is 0.150. The number of hydrogen-bond acceptors (Lipinski definition) is 5. The number of rotatable bonds is 5. The molecule has 0 saturated heterocycles. The maximum atomic E-state index is 12.5. The summed E-state index contributed by atoms with van der Waals surface area (Å²) in [4.78, 5) is 26.6. The lowest BCUT2D eigenvalue weighted by atomic mass is 10.1. The minimum atomic E-state index is -0.570. The van der Waals surface area contributed by atoms with E-state index in [2.05, 4.69) is 15.5 Å². The number of carbonyl (C=O) groups excluding carboxylic acids is 2. The zero-order chi connectivity index (χ0) is 19.7. The molecule has 2 unspecified atom stereocenters. The van der Waals surface area contributed by atoms with E-state index in [-0.39, 0.29) is 30.8 Å². The van der Waals surface area contributed by atoms with Crippen LogP contribution in [-0.2, 0) is 9.59 Å². The van der Waals surface area contributed by atoms with Crippen LogP contribution in [0.3, 0.4) is 0 Å². The lowest BCUT2D eigenvalue weighted by Gasteiger charge is -2.32. The van der Waals surface area contributed by atoms with Crippen LogP contribution in [-0.4, -0.2) is 39.1 Å². The highest BCUT2D eigenvalue weighted by Crippen LogP contribution is 2.33. The number of anilines is 1. The van der Waals surface area contributed by atoms with Crippen molar-refractivity contribution < 1.29 is 14.3 Å². The van der Waals surface area contributed by atoms with E-state index < -0.39 is 6.10 Å². The van der Waals surface area contributed by atoms with Crippen molar-refractivity contribution in [1.29, 1.82) is 0 Å². The molecule has 3 heterocycles. The van der Waals surface area contributed by atoms with Crippen molar-refractivity contribution in [1.82, 2.24) is 19.9 Å². The Labute approximate surface area is 162 Å². The molecular formula is C20H21N5O3. The highest BCUT2D eigenvalue weighted by molar-refractivity contribution is 6.00. The molecular weight excluding hydrogens is 358 g/mol. The van der Waals surface area contributed by atoms with Gasteiger partial charge in [0.2, 0.25) is 5.91 Å². The van der Waals surface area contributed by atoms with Gasteiger partial charge in [0.1, 0.15) is 5.75 Å². The molecule has 2 aromatic heterocycles. The first kappa shape index (κ1) is 18.0. The number of amides is 2. The fourth-order valence-electron chi connectivity index (χ4n) is 3.34. The molecule has 3 aromatic rings. The first-order chi connectivity index (χ1) is 13.5. The zero-order valence-corrected chi connectivity index (χ0v) is 15.7. The minimum Gasteiger partial charge on any atom is -0.479 e. The smallest absolute Gasteiger partial charge is 0.267 e. The largest absolute Gasteiger partial charge is 0.479 e. The van der Waals surface area contributed by atoms with E-state index in [1.54, 1.807) is 11.8 Å². The zero-order valence-electron chi connectivity index (χ0n) is 15.7. The summed E-state index contributed by atoms with van der Waals surface area (Å²) in [6, 6.07) is 12.7. The SMILES string of the molecule is CC1Oc2ccccc2N(CCC(=O)NC(C)c2nnc3ccccn23)C1=O. The first-order valence-corrected chi connectivity index (χ1v) is 9.20. The molecule has 1 aliphatic rings. The topological polar surface area (TPSA) is 88.8 Å². The van der Waals surface area contributed by atoms with Gasteiger partial charge in [-0.1, -0.05) is 18.2 Å². The highest BCUT2D eigenvalue weighted by atomic mass is 16.5. The Bertz CT molecular complexity index is 1030. The van der Waals surface area contributed by atoms with Crippen LogP contribution in [0.1, 0.15) is 32.1 Å². The third-order valence-corrected chi connectivity index (χ3v) is 4.74. The van der Waals surface area contributed by atoms with Crippen LogP contribution >= 0.6 is 0 Å². The van der Waals surface area contributed by atoms with Gasteiger partial charge in [0, 0.05) is 19.2 Å². The molecule has 0 radical (unpaired) electrons. The van der Waals surface area contributed by atoms with Gasteiger partial charge in [0.25, 0.3) is 5.91 Å². The number of nitrogens with one attached hydrogen (secondary N) is 1. The van der Waals surface area contributed by atoms with Crippen LogP contribution in [0, 0.1) is 0 Å². The van der Waals surface area contributed by atoms with Gasteiger partial charge < -0.3 is 15.0 Å². The molecule has 28 heavy (non-hydrogen) atoms. The fourth-order valence-corrected chi connectivity index (χ4v) is 3.34. The van der Waals surface area contributed by atoms with E-state index in [4.69, 9.17) is 4.74 Å². The molecule has 1 N–H and O–H groups in total. The molecule has 0 spiro atoms. The van der Waals surface area contributed by atoms with Crippen LogP contribution in [0.2, 0.25) is 0 Å². The number of para-hydroxylation sites is 2. The van der Waals surface area contributed by atoms with E-state index in [1.165, 1.54) is 0 Å². The average Bonchev–Trinajstić information content (AvgIpc) is 3.12. The van der Waals surface area contributed by atoms with Crippen LogP contribution < -0.4 is 15.0 Å². The number of ether oxygens (including phenoxy) is 1. The van der Waals surface area contributed by atoms with Crippen molar-refractivity contribution in [2.75, 3.05) is 11.4 Å². The molecule has 2 amide bonds. The van der Waals surface area contributed by atoms with Gasteiger partial charge in [-0.3, -0.25) is 14.0 Å². The number of fused-ring (bicyclic) bond motifs is 2. The predicted molar refractivity (Wildman–Crippen MR) is 103 cm³/mol. The molecule has 0 saturated carbocycles. The van der Waals surface area contributed by atoms with Crippen LogP contribution in [0.15, 0.2) is 48.7 Å². The molecule has 1 aliphatic heterocycles. The molecule has 2 atom stereocenters. The second-order valence-corrected chi connectivity index (χ2v) is 6.74. The summed E-state index contributed by atoms with van der Waals surface area (Å²) in [6.45, 7) is 3.85. The molecule has 8 heteroatoms. The number of benzene rings is 1. The van der Waals surface area contributed by atoms with Crippen molar-refractivity contribution >= 4 is 23.1 Å². The summed E-state index contributed by atoms with van der Waals surface area (Å²) >= 11 is 0. The Balaban J connectivity index is 1.42. The third kappa shape index (κ3) is 3.28. The Morgan fingerprint density at radius 3 is 2.86 bits per heavy atom. The normalized spacial score (nSPS) is 17.1. The Hall–Kier alpha value is -3.42. The van der Waals surface area contributed by atoms with Crippen LogP contribution in [0.25, 0.3) is 5.65 Å². The molecule has 4 rings (SSSR count). The summed E-state index contributed by atoms with van der Waals surface area (Å²) in [5, 5.41) is 11.2. The van der Waals surface area contributed by atoms with Gasteiger partial charge in [-0.2, -0.15) is 0 Å². The maximum Gasteiger partial charge on any atom is 0.267 e. The van der Waals surface area contributed by atoms with E-state index in [1.807, 2.05) is 60.0 Å². The Morgan fingerprint density at radius 2 is 2.00 bits per heavy atom. The maximum absolute atomic E-state index is 12.5. The van der Waals surface area contributed by atoms with E-state index >= 15 is 0 Å². The summed E-state index contributed by atoms with van der Waals surface area (Å²) in [5.74, 6) is 0.997. The molecule has 144 valence electrons. The monoisotopic (exact) mass is 379 g/mol. The highest BCUT2D eigenvalue weighted by Gasteiger charge is 2.31. The molecule has 8 nitrogen and oxygen atoms in total. The van der Waals surface area contributed by atoms with Crippen molar-refractivity contribution in [2.45, 2.75) is 32.4 Å². The second-order valence-electron chi connectivity index (χ2n) is 6.74. The second kappa shape index (κ2) is 7.30. The third-order valence-electron chi connectivity index (χ3n) is 4.74. The van der Waals surface area contributed by atoms with Gasteiger partial charge in [-0.15, -0.1) is 10.2 Å². The summed E-state index contributed by atoms with van der Waals surface area (Å²) in [7, 11) is 0. The average molecular weight is 379 g/mol. The Morgan fingerprint density at radius 1 is 1.21 bits per heavy atom. The first-order valence-electron chi connectivity index (χ1n) is 9.20. The number of hydrogen-bond donors (Lipinski definition) is 1. The van der Waals surface area contributed by atoms with Crippen LogP contribution in [0.4, 0.5) is 5.69 Å². The quantitative estimate of drug-likeness (QED) is 0.733. The summed E-state index contributed by atoms with van der Waals surface area (Å²) in [6.07, 6.45) is 1.46. The lowest BCUT2D eigenvalue weighted by Crippen LogP contribution is -2.45. The predicted octanol–water partition coefficient (Wildman–Crippen LogP) is 2.11. The van der Waals surface area contributed by atoms with Crippen molar-refractivity contribution in [3.8, 4) is 5.75 Å². The van der Waals surface area contributed by atoms with Gasteiger partial charge in [0.15, 0.2) is 17.6 Å². The molecule has 0 aliphatic carbocycles. The molecule has 0 fully saturated rings. The fraction of sp³-hybridized carbons (Fsp3) is 0.300. The van der Waals surface area contributed by atoms with Crippen molar-refractivity contribution in [2.24, 2.45) is 0 Å². The van der Waals surface area contributed by atoms with Crippen molar-refractivity contribution in [3.05, 3.63) is 54.5 Å². The molecule has 1 aromatic carbocycles. The number of carbonyl (C=O) groups is 2. The van der Waals surface area contributed by atoms with Crippen LogP contribution in [0.5, 0.6) is 5.75 Å². The Kier molecular flexibility index (Phi) is 4.68. The van der Waals surface area contributed by atoms with E-state index in [0.29, 0.717) is 17.3 Å². The van der Waals surface area contributed by atoms with Crippen molar-refractivity contribution in [3.63, 3.8) is 0 Å². The number of nitrogens with zero attached hydrogens (tertiary/aromatic N) is 4. The number of aromatic nitrogens is 3. The number of pyridine rings is 1. The van der Waals surface area contributed by atoms with Gasteiger partial charge in [0.05, 0.1) is 11.7 Å². The van der Waals surface area contributed by atoms with Gasteiger partial charge in [-0.05, 0) is 38.1 Å². The summed E-state index contributed by atoms with van der Waals surface area (Å²) in [5.41, 5.74) is 1.41. The standard InChI is InChI=1S/C20H21N5O3/c1-13(19-23-22-17-9-5-6-11-25(17)19)21-18(26)10-12-24-15-7-3-4-8-16(15)28-14(2)20(24)27/h3-9,11,13-14H,10,12H2,1-2H3,(H,21,26). The molecule has 0 bridgehead atoms. The van der Waals surface area contributed by atoms with Gasteiger partial charge in [-0.25, -0.2) is 0 Å². The van der Waals surface area contributed by atoms with Gasteiger partial charge >= 0.3 is 0 Å². The lowest BCUT2D eigenvalue weighted by molar-refractivity contribution is -0.125. The summed E-state index contributed by atoms with van der Waals surface area (Å²) < 4.78 is 7.47. The van der Waals surface area contributed by atoms with E-state index in [0.717, 1.165) is 5.65 Å².